The lowest BCUT2D eigenvalue weighted by Crippen LogP contribution is -2.36. The summed E-state index contributed by atoms with van der Waals surface area (Å²) in [7, 11) is -2.09. The molecule has 4 heterocycles. The fraction of sp³-hybridized carbons (Fsp3) is 0.478. The van der Waals surface area contributed by atoms with Crippen LogP contribution < -0.4 is 9.64 Å². The summed E-state index contributed by atoms with van der Waals surface area (Å²) in [6.07, 6.45) is 11.3. The van der Waals surface area contributed by atoms with Gasteiger partial charge in [0.25, 0.3) is 0 Å². The Hall–Kier alpha value is -3.23. The van der Waals surface area contributed by atoms with Gasteiger partial charge in [0, 0.05) is 47.1 Å². The number of ether oxygens (including phenoxy) is 1. The zero-order valence-electron chi connectivity index (χ0n) is 19.2. The van der Waals surface area contributed by atoms with Crippen molar-refractivity contribution in [3.8, 4) is 23.2 Å². The SMILES string of the molecule is CS(C)(=O)=NC1CCN(c2ccc(-c3nc(OCC4(O)CC4)cn4ncc(C#N)c34)cn2)CC1. The molecule has 11 heteroatoms. The largest absolute Gasteiger partial charge is 0.473 e. The number of aliphatic hydroxyl groups is 1. The summed E-state index contributed by atoms with van der Waals surface area (Å²) in [5.74, 6) is 1.18. The summed E-state index contributed by atoms with van der Waals surface area (Å²) in [6, 6.07) is 6.16. The first-order valence-electron chi connectivity index (χ1n) is 11.2. The predicted octanol–water partition coefficient (Wildman–Crippen LogP) is 2.26. The molecule has 0 spiro atoms. The van der Waals surface area contributed by atoms with Crippen molar-refractivity contribution in [1.29, 1.82) is 5.26 Å². The summed E-state index contributed by atoms with van der Waals surface area (Å²) < 4.78 is 23.7. The highest BCUT2D eigenvalue weighted by Crippen LogP contribution is 2.36. The van der Waals surface area contributed by atoms with Crippen LogP contribution in [0, 0.1) is 11.3 Å². The van der Waals surface area contributed by atoms with E-state index < -0.39 is 15.3 Å². The molecular weight excluding hydrogens is 454 g/mol. The van der Waals surface area contributed by atoms with E-state index in [1.165, 1.54) is 6.20 Å². The van der Waals surface area contributed by atoms with Gasteiger partial charge in [-0.15, -0.1) is 0 Å². The van der Waals surface area contributed by atoms with E-state index in [1.54, 1.807) is 29.4 Å². The molecule has 3 aromatic heterocycles. The maximum absolute atomic E-state index is 12.0. The molecule has 0 radical (unpaired) electrons. The van der Waals surface area contributed by atoms with E-state index in [0.29, 0.717) is 22.7 Å². The highest BCUT2D eigenvalue weighted by Gasteiger charge is 2.41. The molecule has 3 aromatic rings. The number of pyridine rings is 1. The molecule has 2 aliphatic rings. The first-order valence-corrected chi connectivity index (χ1v) is 13.6. The number of nitrogens with zero attached hydrogens (tertiary/aromatic N) is 7. The second kappa shape index (κ2) is 8.52. The van der Waals surface area contributed by atoms with Crippen LogP contribution >= 0.6 is 0 Å². The average Bonchev–Trinajstić information content (AvgIpc) is 3.41. The minimum atomic E-state index is -2.09. The third-order valence-electron chi connectivity index (χ3n) is 6.12. The van der Waals surface area contributed by atoms with Gasteiger partial charge in [0.1, 0.15) is 35.3 Å². The number of nitriles is 1. The lowest BCUT2D eigenvalue weighted by molar-refractivity contribution is 0.0831. The Labute approximate surface area is 198 Å². The molecule has 0 amide bonds. The van der Waals surface area contributed by atoms with Crippen molar-refractivity contribution in [2.24, 2.45) is 4.36 Å². The third-order valence-corrected chi connectivity index (χ3v) is 6.93. The molecule has 1 saturated carbocycles. The molecule has 1 aliphatic heterocycles. The van der Waals surface area contributed by atoms with Crippen molar-refractivity contribution in [1.82, 2.24) is 19.6 Å². The Morgan fingerprint density at radius 3 is 2.68 bits per heavy atom. The highest BCUT2D eigenvalue weighted by molar-refractivity contribution is 7.92. The average molecular weight is 482 g/mol. The maximum Gasteiger partial charge on any atom is 0.233 e. The molecular formula is C23H27N7O3S. The number of hydrogen-bond acceptors (Lipinski definition) is 9. The number of anilines is 1. The van der Waals surface area contributed by atoms with Gasteiger partial charge in [0.05, 0.1) is 24.0 Å². The first kappa shape index (κ1) is 22.6. The Morgan fingerprint density at radius 1 is 1.29 bits per heavy atom. The van der Waals surface area contributed by atoms with Crippen LogP contribution in [0.4, 0.5) is 5.82 Å². The fourth-order valence-corrected chi connectivity index (χ4v) is 5.04. The molecule has 1 aliphatic carbocycles. The van der Waals surface area contributed by atoms with E-state index in [0.717, 1.165) is 50.2 Å². The molecule has 1 saturated heterocycles. The van der Waals surface area contributed by atoms with Crippen LogP contribution in [0.2, 0.25) is 0 Å². The molecule has 0 atom stereocenters. The summed E-state index contributed by atoms with van der Waals surface area (Å²) in [6.45, 7) is 1.76. The van der Waals surface area contributed by atoms with E-state index in [9.17, 15) is 14.6 Å². The van der Waals surface area contributed by atoms with Crippen LogP contribution in [0.5, 0.6) is 5.88 Å². The lowest BCUT2D eigenvalue weighted by Gasteiger charge is -2.31. The van der Waals surface area contributed by atoms with E-state index in [1.807, 2.05) is 12.1 Å². The van der Waals surface area contributed by atoms with Gasteiger partial charge < -0.3 is 14.7 Å². The zero-order chi connectivity index (χ0) is 23.9. The van der Waals surface area contributed by atoms with Gasteiger partial charge in [0.15, 0.2) is 0 Å². The number of aromatic nitrogens is 4. The highest BCUT2D eigenvalue weighted by atomic mass is 32.2. The number of rotatable bonds is 6. The van der Waals surface area contributed by atoms with Crippen molar-refractivity contribution in [3.63, 3.8) is 0 Å². The van der Waals surface area contributed by atoms with Crippen molar-refractivity contribution in [2.45, 2.75) is 37.3 Å². The number of fused-ring (bicyclic) bond motifs is 1. The molecule has 10 nitrogen and oxygen atoms in total. The Kier molecular flexibility index (Phi) is 5.65. The Balaban J connectivity index is 1.39. The second-order valence-electron chi connectivity index (χ2n) is 9.31. The first-order chi connectivity index (χ1) is 16.2. The number of piperidine rings is 1. The van der Waals surface area contributed by atoms with E-state index >= 15 is 0 Å². The van der Waals surface area contributed by atoms with Crippen LogP contribution in [0.25, 0.3) is 16.8 Å². The summed E-state index contributed by atoms with van der Waals surface area (Å²) in [5, 5.41) is 23.9. The van der Waals surface area contributed by atoms with Gasteiger partial charge >= 0.3 is 0 Å². The van der Waals surface area contributed by atoms with Gasteiger partial charge in [-0.25, -0.2) is 18.8 Å². The summed E-state index contributed by atoms with van der Waals surface area (Å²) in [5.41, 5.74) is 1.51. The smallest absolute Gasteiger partial charge is 0.233 e. The topological polar surface area (TPSA) is 129 Å². The predicted molar refractivity (Wildman–Crippen MR) is 128 cm³/mol. The Morgan fingerprint density at radius 2 is 2.06 bits per heavy atom. The van der Waals surface area contributed by atoms with Gasteiger partial charge in [-0.1, -0.05) is 0 Å². The van der Waals surface area contributed by atoms with Crippen molar-refractivity contribution in [3.05, 3.63) is 36.3 Å². The molecule has 2 fully saturated rings. The molecule has 0 aromatic carbocycles. The van der Waals surface area contributed by atoms with Crippen LogP contribution in [-0.2, 0) is 9.73 Å². The summed E-state index contributed by atoms with van der Waals surface area (Å²) in [4.78, 5) is 11.5. The van der Waals surface area contributed by atoms with Crippen molar-refractivity contribution >= 4 is 21.1 Å². The van der Waals surface area contributed by atoms with Gasteiger partial charge in [-0.3, -0.25) is 4.21 Å². The summed E-state index contributed by atoms with van der Waals surface area (Å²) >= 11 is 0. The van der Waals surface area contributed by atoms with E-state index in [-0.39, 0.29) is 12.6 Å². The van der Waals surface area contributed by atoms with E-state index in [2.05, 4.69) is 30.4 Å². The zero-order valence-corrected chi connectivity index (χ0v) is 20.0. The molecule has 178 valence electrons. The fourth-order valence-electron chi connectivity index (χ4n) is 4.11. The standard InChI is InChI=1S/C23H27N7O3S/c1-34(2,32)28-18-5-9-29(10-6-18)19-4-3-16(12-25-19)21-22-17(11-24)13-26-30(22)14-20(27-21)33-15-23(31)7-8-23/h3-4,12-14,18,31H,5-10,15H2,1-2H3. The van der Waals surface area contributed by atoms with Gasteiger partial charge in [-0.2, -0.15) is 10.4 Å². The second-order valence-corrected chi connectivity index (χ2v) is 11.9. The van der Waals surface area contributed by atoms with E-state index in [4.69, 9.17) is 4.74 Å². The quantitative estimate of drug-likeness (QED) is 0.568. The molecule has 1 N–H and O–H groups in total. The Bertz CT molecular complexity index is 1370. The van der Waals surface area contributed by atoms with Crippen molar-refractivity contribution in [2.75, 3.05) is 37.1 Å². The molecule has 0 unspecified atom stereocenters. The lowest BCUT2D eigenvalue weighted by atomic mass is 10.1. The monoisotopic (exact) mass is 481 g/mol. The van der Waals surface area contributed by atoms with Crippen molar-refractivity contribution < 1.29 is 14.1 Å². The maximum atomic E-state index is 12.0. The molecule has 0 bridgehead atoms. The number of hydrogen-bond donors (Lipinski definition) is 1. The minimum absolute atomic E-state index is 0.123. The molecule has 5 rings (SSSR count). The van der Waals surface area contributed by atoms with Crippen LogP contribution in [-0.4, -0.2) is 72.7 Å². The third kappa shape index (κ3) is 4.83. The van der Waals surface area contributed by atoms with Gasteiger partial charge in [0.2, 0.25) is 5.88 Å². The molecule has 34 heavy (non-hydrogen) atoms. The van der Waals surface area contributed by atoms with Gasteiger partial charge in [-0.05, 0) is 37.8 Å². The van der Waals surface area contributed by atoms with Crippen LogP contribution in [0.3, 0.4) is 0 Å². The van der Waals surface area contributed by atoms with Crippen LogP contribution in [0.15, 0.2) is 35.1 Å². The normalized spacial score (nSPS) is 18.0. The minimum Gasteiger partial charge on any atom is -0.473 e. The van der Waals surface area contributed by atoms with Crippen LogP contribution in [0.1, 0.15) is 31.2 Å².